The lowest BCUT2D eigenvalue weighted by Crippen LogP contribution is -2.14. The molecule has 5 heteroatoms. The van der Waals surface area contributed by atoms with Crippen LogP contribution < -0.4 is 11.1 Å². The van der Waals surface area contributed by atoms with Crippen LogP contribution in [0.5, 0.6) is 0 Å². The summed E-state index contributed by atoms with van der Waals surface area (Å²) in [6.07, 6.45) is 1.90. The third-order valence-corrected chi connectivity index (χ3v) is 4.33. The van der Waals surface area contributed by atoms with Crippen LogP contribution in [0.4, 0.5) is 11.5 Å². The SMILES string of the molecule is Cn1cc(-c2cccc3ccc(Nc4ccccc4)nc23)cc1C(N)=O. The fourth-order valence-electron chi connectivity index (χ4n) is 3.08. The second kappa shape index (κ2) is 6.37. The first-order valence-corrected chi connectivity index (χ1v) is 8.30. The minimum absolute atomic E-state index is 0.446. The summed E-state index contributed by atoms with van der Waals surface area (Å²) in [6.45, 7) is 0. The number of fused-ring (bicyclic) bond motifs is 1. The number of pyridine rings is 1. The van der Waals surface area contributed by atoms with Gasteiger partial charge in [0.15, 0.2) is 0 Å². The van der Waals surface area contributed by atoms with Gasteiger partial charge in [-0.3, -0.25) is 4.79 Å². The molecule has 0 atom stereocenters. The van der Waals surface area contributed by atoms with Crippen LogP contribution in [0, 0.1) is 0 Å². The van der Waals surface area contributed by atoms with Crippen molar-refractivity contribution in [2.45, 2.75) is 0 Å². The minimum Gasteiger partial charge on any atom is -0.364 e. The fraction of sp³-hybridized carbons (Fsp3) is 0.0476. The van der Waals surface area contributed by atoms with Gasteiger partial charge in [0.2, 0.25) is 0 Å². The molecule has 0 saturated heterocycles. The summed E-state index contributed by atoms with van der Waals surface area (Å²) in [6, 6.07) is 21.7. The third-order valence-electron chi connectivity index (χ3n) is 4.33. The van der Waals surface area contributed by atoms with Gasteiger partial charge in [0.1, 0.15) is 11.5 Å². The molecule has 0 aliphatic heterocycles. The molecular weight excluding hydrogens is 324 g/mol. The van der Waals surface area contributed by atoms with Crippen molar-refractivity contribution in [2.75, 3.05) is 5.32 Å². The number of carbonyl (C=O) groups is 1. The summed E-state index contributed by atoms with van der Waals surface area (Å²) in [5, 5.41) is 4.35. The van der Waals surface area contributed by atoms with E-state index in [0.717, 1.165) is 33.5 Å². The molecule has 0 spiro atoms. The Balaban J connectivity index is 1.81. The van der Waals surface area contributed by atoms with E-state index in [1.165, 1.54) is 0 Å². The number of aromatic nitrogens is 2. The summed E-state index contributed by atoms with van der Waals surface area (Å²) in [7, 11) is 1.81. The summed E-state index contributed by atoms with van der Waals surface area (Å²) in [5.74, 6) is 0.320. The lowest BCUT2D eigenvalue weighted by Gasteiger charge is -2.09. The quantitative estimate of drug-likeness (QED) is 0.587. The van der Waals surface area contributed by atoms with Crippen LogP contribution >= 0.6 is 0 Å². The van der Waals surface area contributed by atoms with Crippen LogP contribution in [0.15, 0.2) is 72.9 Å². The molecule has 0 aliphatic carbocycles. The van der Waals surface area contributed by atoms with E-state index >= 15 is 0 Å². The average molecular weight is 342 g/mol. The number of hydrogen-bond donors (Lipinski definition) is 2. The minimum atomic E-state index is -0.446. The molecule has 2 aromatic heterocycles. The van der Waals surface area contributed by atoms with Gasteiger partial charge in [-0.25, -0.2) is 4.98 Å². The van der Waals surface area contributed by atoms with Crippen LogP contribution in [0.1, 0.15) is 10.5 Å². The predicted molar refractivity (Wildman–Crippen MR) is 104 cm³/mol. The normalized spacial score (nSPS) is 10.8. The molecule has 2 aromatic carbocycles. The fourth-order valence-corrected chi connectivity index (χ4v) is 3.08. The van der Waals surface area contributed by atoms with Crippen molar-refractivity contribution in [2.24, 2.45) is 12.8 Å². The van der Waals surface area contributed by atoms with Crippen molar-refractivity contribution in [3.63, 3.8) is 0 Å². The van der Waals surface area contributed by atoms with Gasteiger partial charge in [-0.1, -0.05) is 36.4 Å². The number of nitrogens with one attached hydrogen (secondary N) is 1. The number of amides is 1. The van der Waals surface area contributed by atoms with E-state index in [-0.39, 0.29) is 0 Å². The highest BCUT2D eigenvalue weighted by atomic mass is 16.1. The highest BCUT2D eigenvalue weighted by Gasteiger charge is 2.12. The van der Waals surface area contributed by atoms with Crippen molar-refractivity contribution >= 4 is 28.3 Å². The van der Waals surface area contributed by atoms with Gasteiger partial charge in [0.25, 0.3) is 5.91 Å². The number of para-hydroxylation sites is 2. The van der Waals surface area contributed by atoms with E-state index in [4.69, 9.17) is 10.7 Å². The smallest absolute Gasteiger partial charge is 0.265 e. The molecule has 1 amide bonds. The summed E-state index contributed by atoms with van der Waals surface area (Å²) in [4.78, 5) is 16.4. The Kier molecular flexibility index (Phi) is 3.89. The van der Waals surface area contributed by atoms with Crippen molar-refractivity contribution < 1.29 is 4.79 Å². The van der Waals surface area contributed by atoms with Gasteiger partial charge in [0, 0.05) is 35.4 Å². The highest BCUT2D eigenvalue weighted by Crippen LogP contribution is 2.30. The molecule has 0 saturated carbocycles. The number of carbonyl (C=O) groups excluding carboxylic acids is 1. The van der Waals surface area contributed by atoms with Crippen LogP contribution in [0.2, 0.25) is 0 Å². The van der Waals surface area contributed by atoms with E-state index in [1.807, 2.05) is 73.9 Å². The standard InChI is InChI=1S/C21H18N4O/c1-25-13-15(12-18(25)21(22)26)17-9-5-6-14-10-11-19(24-20(14)17)23-16-7-3-2-4-8-16/h2-13H,1H3,(H2,22,26)(H,23,24). The zero-order chi connectivity index (χ0) is 18.1. The van der Waals surface area contributed by atoms with Crippen molar-refractivity contribution in [3.05, 3.63) is 78.6 Å². The molecule has 3 N–H and O–H groups in total. The van der Waals surface area contributed by atoms with Gasteiger partial charge in [-0.05, 0) is 30.3 Å². The van der Waals surface area contributed by atoms with Gasteiger partial charge in [-0.15, -0.1) is 0 Å². The Bertz CT molecular complexity index is 1100. The molecule has 4 aromatic rings. The number of nitrogens with zero attached hydrogens (tertiary/aromatic N) is 2. The molecule has 0 fully saturated rings. The Morgan fingerprint density at radius 3 is 2.58 bits per heavy atom. The van der Waals surface area contributed by atoms with Crippen LogP contribution in [-0.4, -0.2) is 15.5 Å². The first-order chi connectivity index (χ1) is 12.6. The maximum Gasteiger partial charge on any atom is 0.265 e. The monoisotopic (exact) mass is 342 g/mol. The second-order valence-corrected chi connectivity index (χ2v) is 6.15. The second-order valence-electron chi connectivity index (χ2n) is 6.15. The lowest BCUT2D eigenvalue weighted by molar-refractivity contribution is 0.0992. The van der Waals surface area contributed by atoms with E-state index in [2.05, 4.69) is 5.32 Å². The molecule has 4 rings (SSSR count). The molecule has 5 nitrogen and oxygen atoms in total. The topological polar surface area (TPSA) is 72.9 Å². The maximum absolute atomic E-state index is 11.6. The molecule has 26 heavy (non-hydrogen) atoms. The predicted octanol–water partition coefficient (Wildman–Crippen LogP) is 4.08. The van der Waals surface area contributed by atoms with Gasteiger partial charge >= 0.3 is 0 Å². The van der Waals surface area contributed by atoms with E-state index < -0.39 is 5.91 Å². The van der Waals surface area contributed by atoms with E-state index in [1.54, 1.807) is 10.6 Å². The molecule has 2 heterocycles. The van der Waals surface area contributed by atoms with Crippen molar-refractivity contribution in [3.8, 4) is 11.1 Å². The number of anilines is 2. The van der Waals surface area contributed by atoms with Crippen LogP contribution in [0.25, 0.3) is 22.0 Å². The molecule has 128 valence electrons. The van der Waals surface area contributed by atoms with Crippen LogP contribution in [-0.2, 0) is 7.05 Å². The molecule has 0 bridgehead atoms. The van der Waals surface area contributed by atoms with E-state index in [9.17, 15) is 4.79 Å². The Labute approximate surface area is 151 Å². The first kappa shape index (κ1) is 15.9. The third kappa shape index (κ3) is 2.91. The number of primary amides is 1. The Morgan fingerprint density at radius 2 is 1.85 bits per heavy atom. The van der Waals surface area contributed by atoms with Crippen molar-refractivity contribution in [1.29, 1.82) is 0 Å². The molecular formula is C21H18N4O. The summed E-state index contributed by atoms with van der Waals surface area (Å²) < 4.78 is 1.74. The van der Waals surface area contributed by atoms with Crippen molar-refractivity contribution in [1.82, 2.24) is 9.55 Å². The zero-order valence-electron chi connectivity index (χ0n) is 14.3. The summed E-state index contributed by atoms with van der Waals surface area (Å²) >= 11 is 0. The number of aryl methyl sites for hydroxylation is 1. The average Bonchev–Trinajstić information content (AvgIpc) is 3.04. The number of rotatable bonds is 4. The summed E-state index contributed by atoms with van der Waals surface area (Å²) in [5.41, 5.74) is 9.63. The highest BCUT2D eigenvalue weighted by molar-refractivity contribution is 5.97. The number of benzene rings is 2. The molecule has 0 aliphatic rings. The van der Waals surface area contributed by atoms with Gasteiger partial charge < -0.3 is 15.6 Å². The lowest BCUT2D eigenvalue weighted by atomic mass is 10.0. The Morgan fingerprint density at radius 1 is 1.04 bits per heavy atom. The van der Waals surface area contributed by atoms with Gasteiger partial charge in [-0.2, -0.15) is 0 Å². The Hall–Kier alpha value is -3.60. The molecule has 0 radical (unpaired) electrons. The number of hydrogen-bond acceptors (Lipinski definition) is 3. The van der Waals surface area contributed by atoms with Crippen LogP contribution in [0.3, 0.4) is 0 Å². The maximum atomic E-state index is 11.6. The largest absolute Gasteiger partial charge is 0.364 e. The zero-order valence-corrected chi connectivity index (χ0v) is 14.3. The molecule has 0 unspecified atom stereocenters. The van der Waals surface area contributed by atoms with Gasteiger partial charge in [0.05, 0.1) is 5.52 Å². The first-order valence-electron chi connectivity index (χ1n) is 8.30. The van der Waals surface area contributed by atoms with E-state index in [0.29, 0.717) is 5.69 Å². The number of nitrogens with two attached hydrogens (primary N) is 1.